The van der Waals surface area contributed by atoms with Crippen molar-refractivity contribution in [2.75, 3.05) is 7.11 Å². The normalized spacial score (nSPS) is 12.9. The van der Waals surface area contributed by atoms with E-state index in [2.05, 4.69) is 16.8 Å². The van der Waals surface area contributed by atoms with Gasteiger partial charge >= 0.3 is 5.97 Å². The van der Waals surface area contributed by atoms with E-state index in [0.29, 0.717) is 24.0 Å². The summed E-state index contributed by atoms with van der Waals surface area (Å²) in [5, 5.41) is 14.1. The summed E-state index contributed by atoms with van der Waals surface area (Å²) in [4.78, 5) is 11.4. The third-order valence-corrected chi connectivity index (χ3v) is 4.57. The molecule has 0 aliphatic rings. The van der Waals surface area contributed by atoms with Crippen LogP contribution in [0.4, 0.5) is 4.39 Å². The quantitative estimate of drug-likeness (QED) is 0.248. The van der Waals surface area contributed by atoms with E-state index >= 15 is 0 Å². The Morgan fingerprint density at radius 3 is 2.22 bits per heavy atom. The molecule has 0 radical (unpaired) electrons. The van der Waals surface area contributed by atoms with Crippen LogP contribution >= 0.6 is 0 Å². The fourth-order valence-corrected chi connectivity index (χ4v) is 2.66. The van der Waals surface area contributed by atoms with Gasteiger partial charge in [-0.3, -0.25) is 9.89 Å². The van der Waals surface area contributed by atoms with Crippen LogP contribution in [0.2, 0.25) is 0 Å². The van der Waals surface area contributed by atoms with Gasteiger partial charge in [0, 0.05) is 24.8 Å². The van der Waals surface area contributed by atoms with Gasteiger partial charge < -0.3 is 9.84 Å². The van der Waals surface area contributed by atoms with E-state index in [9.17, 15) is 9.18 Å². The lowest BCUT2D eigenvalue weighted by Gasteiger charge is -2.18. The Kier molecular flexibility index (Phi) is 26.2. The zero-order chi connectivity index (χ0) is 28.5. The van der Waals surface area contributed by atoms with Crippen LogP contribution in [0.5, 0.6) is 0 Å². The number of rotatable bonds is 10. The number of hydrogen-bond donors (Lipinski definition) is 2. The first-order chi connectivity index (χ1) is 17.3. The van der Waals surface area contributed by atoms with Crippen molar-refractivity contribution in [3.05, 3.63) is 83.5 Å². The molecule has 0 saturated heterocycles. The summed E-state index contributed by atoms with van der Waals surface area (Å²) in [5.74, 6) is -0.543. The predicted molar refractivity (Wildman–Crippen MR) is 153 cm³/mol. The summed E-state index contributed by atoms with van der Waals surface area (Å²) in [5.41, 5.74) is 4.38. The van der Waals surface area contributed by atoms with Crippen molar-refractivity contribution in [1.82, 2.24) is 10.2 Å². The number of nitrogens with zero attached hydrogens (tertiary/aromatic N) is 1. The molecule has 0 aromatic carbocycles. The number of aliphatic hydroxyl groups is 1. The number of aromatic amines is 1. The minimum atomic E-state index is -0.363. The Morgan fingerprint density at radius 2 is 1.83 bits per heavy atom. The monoisotopic (exact) mass is 504 g/mol. The first-order valence-electron chi connectivity index (χ1n) is 12.6. The highest BCUT2D eigenvalue weighted by atomic mass is 19.1. The predicted octanol–water partition coefficient (Wildman–Crippen LogP) is 8.37. The molecular formula is C30H49FN2O3. The van der Waals surface area contributed by atoms with E-state index in [1.165, 1.54) is 6.08 Å². The molecule has 36 heavy (non-hydrogen) atoms. The SMILES string of the molecule is C=C/C=C(\C=C/C)c1cc(C)[nH]n1.CC.CO.C\C=C(C)/C(F)=C\C(=C/C)C(CCC)OC(=O)CC. The molecule has 0 saturated carbocycles. The van der Waals surface area contributed by atoms with Crippen molar-refractivity contribution in [3.8, 4) is 0 Å². The second kappa shape index (κ2) is 25.1. The lowest BCUT2D eigenvalue weighted by atomic mass is 10.0. The smallest absolute Gasteiger partial charge is 0.306 e. The first-order valence-corrected chi connectivity index (χ1v) is 12.6. The fourth-order valence-electron chi connectivity index (χ4n) is 2.66. The number of esters is 1. The largest absolute Gasteiger partial charge is 0.457 e. The number of halogens is 1. The van der Waals surface area contributed by atoms with E-state index < -0.39 is 0 Å². The van der Waals surface area contributed by atoms with Gasteiger partial charge in [-0.15, -0.1) is 0 Å². The zero-order valence-electron chi connectivity index (χ0n) is 24.1. The number of carbonyl (C=O) groups is 1. The van der Waals surface area contributed by atoms with Crippen LogP contribution in [0.1, 0.15) is 86.0 Å². The summed E-state index contributed by atoms with van der Waals surface area (Å²) in [6.45, 7) is 20.7. The number of allylic oxidation sites excluding steroid dienone is 9. The lowest BCUT2D eigenvalue weighted by Crippen LogP contribution is -2.19. The number of nitrogens with one attached hydrogen (secondary N) is 1. The standard InChI is InChI=1S/C16H25FO2.C11H14N2.C2H6.CH4O/c1-6-10-15(19-16(18)9-4)13(8-3)11-14(17)12(5)7-2;1-4-6-10(7-5-2)11-8-9(3)12-13-11;2*1-2/h7-8,11,15H,6,9-10H2,1-5H3;4-8H,1H2,2-3H3,(H,12,13);1-2H3;2H,1H3/b12-7-,13-8+,14-11+;7-5-,10-6+;;. The molecule has 0 spiro atoms. The van der Waals surface area contributed by atoms with Crippen LogP contribution in [-0.2, 0) is 9.53 Å². The first kappa shape index (κ1) is 37.6. The molecule has 1 rings (SSSR count). The van der Waals surface area contributed by atoms with Crippen molar-refractivity contribution in [1.29, 1.82) is 0 Å². The van der Waals surface area contributed by atoms with Crippen molar-refractivity contribution in [3.63, 3.8) is 0 Å². The van der Waals surface area contributed by atoms with E-state index in [4.69, 9.17) is 9.84 Å². The van der Waals surface area contributed by atoms with Crippen LogP contribution < -0.4 is 0 Å². The van der Waals surface area contributed by atoms with E-state index in [1.54, 1.807) is 39.0 Å². The molecule has 0 fully saturated rings. The Bertz CT molecular complexity index is 875. The van der Waals surface area contributed by atoms with Gasteiger partial charge in [-0.25, -0.2) is 4.39 Å². The third kappa shape index (κ3) is 16.6. The molecule has 0 amide bonds. The molecule has 1 aromatic heterocycles. The van der Waals surface area contributed by atoms with Gasteiger partial charge in [0.25, 0.3) is 0 Å². The van der Waals surface area contributed by atoms with Crippen LogP contribution in [0, 0.1) is 6.92 Å². The van der Waals surface area contributed by atoms with Gasteiger partial charge in [0.05, 0.1) is 5.69 Å². The number of aryl methyl sites for hydroxylation is 1. The molecule has 0 aliphatic heterocycles. The Morgan fingerprint density at radius 1 is 1.22 bits per heavy atom. The Hall–Kier alpha value is -2.99. The highest BCUT2D eigenvalue weighted by Gasteiger charge is 2.16. The number of aromatic nitrogens is 2. The topological polar surface area (TPSA) is 75.2 Å². The van der Waals surface area contributed by atoms with E-state index in [1.807, 2.05) is 65.8 Å². The summed E-state index contributed by atoms with van der Waals surface area (Å²) in [7, 11) is 1.00. The van der Waals surface area contributed by atoms with E-state index in [0.717, 1.165) is 30.5 Å². The molecule has 5 nitrogen and oxygen atoms in total. The number of hydrogen-bond acceptors (Lipinski definition) is 4. The molecule has 1 heterocycles. The number of carbonyl (C=O) groups excluding carboxylic acids is 1. The van der Waals surface area contributed by atoms with Gasteiger partial charge in [-0.1, -0.05) is 77.2 Å². The molecule has 1 atom stereocenters. The summed E-state index contributed by atoms with van der Waals surface area (Å²) in [6.07, 6.45) is 14.2. The zero-order valence-corrected chi connectivity index (χ0v) is 24.1. The van der Waals surface area contributed by atoms with Gasteiger partial charge in [-0.2, -0.15) is 5.10 Å². The molecular weight excluding hydrogens is 455 g/mol. The number of ether oxygens (including phenoxy) is 1. The summed E-state index contributed by atoms with van der Waals surface area (Å²) >= 11 is 0. The third-order valence-electron chi connectivity index (χ3n) is 4.57. The van der Waals surface area contributed by atoms with Gasteiger partial charge in [0.1, 0.15) is 11.9 Å². The van der Waals surface area contributed by atoms with Crippen LogP contribution in [0.25, 0.3) is 5.57 Å². The van der Waals surface area contributed by atoms with Crippen molar-refractivity contribution < 1.29 is 19.0 Å². The average molecular weight is 505 g/mol. The molecule has 204 valence electrons. The maximum atomic E-state index is 13.9. The van der Waals surface area contributed by atoms with Crippen molar-refractivity contribution in [2.24, 2.45) is 0 Å². The van der Waals surface area contributed by atoms with Crippen LogP contribution in [0.15, 0.2) is 72.2 Å². The van der Waals surface area contributed by atoms with Crippen molar-refractivity contribution >= 4 is 11.5 Å². The highest BCUT2D eigenvalue weighted by molar-refractivity contribution is 5.72. The van der Waals surface area contributed by atoms with Crippen LogP contribution in [0.3, 0.4) is 0 Å². The minimum Gasteiger partial charge on any atom is -0.457 e. The molecule has 1 unspecified atom stereocenters. The molecule has 0 bridgehead atoms. The highest BCUT2D eigenvalue weighted by Crippen LogP contribution is 2.20. The Balaban J connectivity index is -0.000000555. The molecule has 2 N–H and O–H groups in total. The van der Waals surface area contributed by atoms with Crippen molar-refractivity contribution in [2.45, 2.75) is 87.7 Å². The number of aliphatic hydroxyl groups excluding tert-OH is 1. The second-order valence-corrected chi connectivity index (χ2v) is 7.17. The van der Waals surface area contributed by atoms with Gasteiger partial charge in [-0.05, 0) is 64.3 Å². The lowest BCUT2D eigenvalue weighted by molar-refractivity contribution is -0.147. The number of H-pyrrole nitrogens is 1. The van der Waals surface area contributed by atoms with Gasteiger partial charge in [0.15, 0.2) is 0 Å². The van der Waals surface area contributed by atoms with E-state index in [-0.39, 0.29) is 17.9 Å². The van der Waals surface area contributed by atoms with Gasteiger partial charge in [0.2, 0.25) is 0 Å². The Labute approximate surface area is 219 Å². The molecule has 6 heteroatoms. The average Bonchev–Trinajstić information content (AvgIpc) is 3.34. The summed E-state index contributed by atoms with van der Waals surface area (Å²) in [6, 6.07) is 2.01. The maximum Gasteiger partial charge on any atom is 0.306 e. The van der Waals surface area contributed by atoms with Crippen LogP contribution in [-0.4, -0.2) is 34.5 Å². The fraction of sp³-hybridized carbons (Fsp3) is 0.467. The second-order valence-electron chi connectivity index (χ2n) is 7.17. The summed E-state index contributed by atoms with van der Waals surface area (Å²) < 4.78 is 19.2. The molecule has 0 aliphatic carbocycles. The maximum absolute atomic E-state index is 13.9. The molecule has 1 aromatic rings. The minimum absolute atomic E-state index is 0.255.